The molecule has 1 aliphatic heterocycles. The smallest absolute Gasteiger partial charge is 0.245 e. The highest BCUT2D eigenvalue weighted by Gasteiger charge is 2.27. The van der Waals surface area contributed by atoms with E-state index in [0.29, 0.717) is 6.42 Å². The van der Waals surface area contributed by atoms with E-state index >= 15 is 0 Å². The lowest BCUT2D eigenvalue weighted by Crippen LogP contribution is -2.48. The van der Waals surface area contributed by atoms with Gasteiger partial charge in [-0.1, -0.05) is 30.3 Å². The van der Waals surface area contributed by atoms with E-state index in [1.165, 1.54) is 6.08 Å². The molecule has 1 aliphatic rings. The number of hydrogen-bond acceptors (Lipinski definition) is 3. The minimum absolute atomic E-state index is 0.0126. The first-order valence-electron chi connectivity index (χ1n) is 8.56. The number of carbonyl (C=O) groups is 2. The zero-order valence-corrected chi connectivity index (χ0v) is 14.9. The Morgan fingerprint density at radius 1 is 1.16 bits per heavy atom. The molecule has 25 heavy (non-hydrogen) atoms. The van der Waals surface area contributed by atoms with Gasteiger partial charge < -0.3 is 10.2 Å². The van der Waals surface area contributed by atoms with Crippen LogP contribution in [0.3, 0.4) is 0 Å². The Hall–Kier alpha value is -2.40. The largest absolute Gasteiger partial charge is 0.341 e. The molecule has 2 aromatic rings. The molecule has 1 aromatic heterocycles. The first kappa shape index (κ1) is 17.4. The lowest BCUT2D eigenvalue weighted by atomic mass is 10.0. The van der Waals surface area contributed by atoms with Crippen LogP contribution in [-0.2, 0) is 16.0 Å². The van der Waals surface area contributed by atoms with Crippen LogP contribution in [0.5, 0.6) is 0 Å². The number of benzene rings is 1. The summed E-state index contributed by atoms with van der Waals surface area (Å²) < 4.78 is 0. The molecule has 1 fully saturated rings. The van der Waals surface area contributed by atoms with Gasteiger partial charge in [0.1, 0.15) is 6.04 Å². The molecule has 0 radical (unpaired) electrons. The van der Waals surface area contributed by atoms with Crippen molar-refractivity contribution in [2.45, 2.75) is 25.3 Å². The van der Waals surface area contributed by atoms with Crippen LogP contribution in [0.2, 0.25) is 0 Å². The SMILES string of the molecule is O=C(/C=C/c1ccsc1)N[C@H](Cc1ccccc1)C(=O)N1CCCC1. The van der Waals surface area contributed by atoms with Crippen molar-refractivity contribution in [2.75, 3.05) is 13.1 Å². The molecule has 2 heterocycles. The van der Waals surface area contributed by atoms with Crippen LogP contribution in [-0.4, -0.2) is 35.8 Å². The van der Waals surface area contributed by atoms with Gasteiger partial charge in [-0.25, -0.2) is 0 Å². The third-order valence-corrected chi connectivity index (χ3v) is 4.99. The average molecular weight is 354 g/mol. The molecule has 0 aliphatic carbocycles. The van der Waals surface area contributed by atoms with E-state index in [1.807, 2.05) is 52.1 Å². The summed E-state index contributed by atoms with van der Waals surface area (Å²) in [6.07, 6.45) is 5.85. The van der Waals surface area contributed by atoms with Gasteiger partial charge in [-0.15, -0.1) is 0 Å². The molecule has 3 rings (SSSR count). The first-order valence-corrected chi connectivity index (χ1v) is 9.50. The standard InChI is InChI=1S/C20H22N2O2S/c23-19(9-8-17-10-13-25-15-17)21-18(14-16-6-2-1-3-7-16)20(24)22-11-4-5-12-22/h1-3,6-10,13,15,18H,4-5,11-12,14H2,(H,21,23)/b9-8+/t18-/m1/s1. The molecule has 130 valence electrons. The minimum atomic E-state index is -0.528. The van der Waals surface area contributed by atoms with Crippen LogP contribution < -0.4 is 5.32 Å². The number of carbonyl (C=O) groups excluding carboxylic acids is 2. The molecule has 0 saturated carbocycles. The lowest BCUT2D eigenvalue weighted by Gasteiger charge is -2.23. The van der Waals surface area contributed by atoms with Crippen molar-refractivity contribution in [2.24, 2.45) is 0 Å². The maximum Gasteiger partial charge on any atom is 0.245 e. The Morgan fingerprint density at radius 3 is 2.60 bits per heavy atom. The van der Waals surface area contributed by atoms with Crippen LogP contribution >= 0.6 is 11.3 Å². The highest BCUT2D eigenvalue weighted by atomic mass is 32.1. The highest BCUT2D eigenvalue weighted by molar-refractivity contribution is 7.08. The van der Waals surface area contributed by atoms with Crippen LogP contribution in [0.25, 0.3) is 6.08 Å². The molecular weight excluding hydrogens is 332 g/mol. The molecule has 4 nitrogen and oxygen atoms in total. The van der Waals surface area contributed by atoms with Gasteiger partial charge in [-0.05, 0) is 46.9 Å². The molecular formula is C20H22N2O2S. The molecule has 0 unspecified atom stereocenters. The summed E-state index contributed by atoms with van der Waals surface area (Å²) in [7, 11) is 0. The van der Waals surface area contributed by atoms with Crippen molar-refractivity contribution in [3.05, 3.63) is 64.4 Å². The Balaban J connectivity index is 1.68. The normalized spacial score (nSPS) is 15.4. The quantitative estimate of drug-likeness (QED) is 0.811. The topological polar surface area (TPSA) is 49.4 Å². The fourth-order valence-corrected chi connectivity index (χ4v) is 3.60. The number of hydrogen-bond donors (Lipinski definition) is 1. The molecule has 1 saturated heterocycles. The molecule has 2 amide bonds. The van der Waals surface area contributed by atoms with Crippen molar-refractivity contribution in [3.8, 4) is 0 Å². The number of nitrogens with zero attached hydrogens (tertiary/aromatic N) is 1. The summed E-state index contributed by atoms with van der Waals surface area (Å²) in [6.45, 7) is 1.56. The van der Waals surface area contributed by atoms with Crippen molar-refractivity contribution < 1.29 is 9.59 Å². The van der Waals surface area contributed by atoms with E-state index in [0.717, 1.165) is 37.1 Å². The van der Waals surface area contributed by atoms with Gasteiger partial charge in [0, 0.05) is 25.6 Å². The van der Waals surface area contributed by atoms with Gasteiger partial charge in [-0.3, -0.25) is 9.59 Å². The van der Waals surface area contributed by atoms with Crippen LogP contribution in [0, 0.1) is 0 Å². The Morgan fingerprint density at radius 2 is 1.92 bits per heavy atom. The highest BCUT2D eigenvalue weighted by Crippen LogP contribution is 2.13. The second-order valence-corrected chi connectivity index (χ2v) is 6.95. The second kappa shape index (κ2) is 8.62. The number of thiophene rings is 1. The van der Waals surface area contributed by atoms with Gasteiger partial charge in [-0.2, -0.15) is 11.3 Å². The Labute approximate surface area is 152 Å². The predicted molar refractivity (Wildman–Crippen MR) is 101 cm³/mol. The summed E-state index contributed by atoms with van der Waals surface area (Å²) in [5.74, 6) is -0.224. The van der Waals surface area contributed by atoms with Crippen LogP contribution in [0.4, 0.5) is 0 Å². The summed E-state index contributed by atoms with van der Waals surface area (Å²) in [6, 6.07) is 11.2. The number of rotatable bonds is 6. The monoisotopic (exact) mass is 354 g/mol. The van der Waals surface area contributed by atoms with E-state index in [4.69, 9.17) is 0 Å². The summed E-state index contributed by atoms with van der Waals surface area (Å²) in [4.78, 5) is 27.0. The van der Waals surface area contributed by atoms with Gasteiger partial charge in [0.15, 0.2) is 0 Å². The van der Waals surface area contributed by atoms with Gasteiger partial charge >= 0.3 is 0 Å². The lowest BCUT2D eigenvalue weighted by molar-refractivity contribution is -0.134. The molecule has 0 bridgehead atoms. The zero-order chi connectivity index (χ0) is 17.5. The first-order chi connectivity index (χ1) is 12.2. The van der Waals surface area contributed by atoms with Crippen LogP contribution in [0.1, 0.15) is 24.0 Å². The minimum Gasteiger partial charge on any atom is -0.341 e. The molecule has 1 aromatic carbocycles. The molecule has 5 heteroatoms. The van der Waals surface area contributed by atoms with E-state index in [2.05, 4.69) is 5.32 Å². The molecule has 1 atom stereocenters. The zero-order valence-electron chi connectivity index (χ0n) is 14.1. The summed E-state index contributed by atoms with van der Waals surface area (Å²) in [5.41, 5.74) is 2.03. The molecule has 1 N–H and O–H groups in total. The predicted octanol–water partition coefficient (Wildman–Crippen LogP) is 3.11. The fraction of sp³-hybridized carbons (Fsp3) is 0.300. The van der Waals surface area contributed by atoms with Crippen molar-refractivity contribution >= 4 is 29.2 Å². The van der Waals surface area contributed by atoms with Crippen molar-refractivity contribution in [1.29, 1.82) is 0 Å². The van der Waals surface area contributed by atoms with Gasteiger partial charge in [0.25, 0.3) is 0 Å². The summed E-state index contributed by atoms with van der Waals surface area (Å²) >= 11 is 1.58. The maximum absolute atomic E-state index is 12.8. The second-order valence-electron chi connectivity index (χ2n) is 6.17. The average Bonchev–Trinajstić information content (AvgIpc) is 3.33. The third kappa shape index (κ3) is 5.03. The van der Waals surface area contributed by atoms with Gasteiger partial charge in [0.2, 0.25) is 11.8 Å². The van der Waals surface area contributed by atoms with Gasteiger partial charge in [0.05, 0.1) is 0 Å². The van der Waals surface area contributed by atoms with E-state index < -0.39 is 6.04 Å². The van der Waals surface area contributed by atoms with E-state index in [1.54, 1.807) is 17.4 Å². The van der Waals surface area contributed by atoms with Crippen LogP contribution in [0.15, 0.2) is 53.2 Å². The fourth-order valence-electron chi connectivity index (χ4n) is 2.97. The van der Waals surface area contributed by atoms with Crippen molar-refractivity contribution in [1.82, 2.24) is 10.2 Å². The molecule has 0 spiro atoms. The Bertz CT molecular complexity index is 719. The number of nitrogens with one attached hydrogen (secondary N) is 1. The van der Waals surface area contributed by atoms with E-state index in [9.17, 15) is 9.59 Å². The number of likely N-dealkylation sites (tertiary alicyclic amines) is 1. The maximum atomic E-state index is 12.8. The Kier molecular flexibility index (Phi) is 6.01. The van der Waals surface area contributed by atoms with E-state index in [-0.39, 0.29) is 11.8 Å². The van der Waals surface area contributed by atoms with Crippen molar-refractivity contribution in [3.63, 3.8) is 0 Å². The number of amides is 2. The third-order valence-electron chi connectivity index (χ3n) is 4.29. The summed E-state index contributed by atoms with van der Waals surface area (Å²) in [5, 5.41) is 6.83.